The van der Waals surface area contributed by atoms with Crippen molar-refractivity contribution in [2.45, 2.75) is 46.5 Å². The molecule has 11 heteroatoms. The number of aryl methyl sites for hydroxylation is 2. The number of carbonyl (C=O) groups is 4. The van der Waals surface area contributed by atoms with Gasteiger partial charge in [0.25, 0.3) is 0 Å². The maximum absolute atomic E-state index is 13.1. The zero-order valence-electron chi connectivity index (χ0n) is 28.3. The molecule has 3 aromatic carbocycles. The summed E-state index contributed by atoms with van der Waals surface area (Å²) in [6.07, 6.45) is 4.73. The minimum Gasteiger partial charge on any atom is -0.496 e. The molecule has 1 N–H and O–H groups in total. The van der Waals surface area contributed by atoms with Crippen LogP contribution in [0.1, 0.15) is 63.1 Å². The first-order valence-electron chi connectivity index (χ1n) is 15.7. The summed E-state index contributed by atoms with van der Waals surface area (Å²) in [7, 11) is 1.45. The number of carboxylic acids is 1. The van der Waals surface area contributed by atoms with Gasteiger partial charge in [0.05, 0.1) is 44.7 Å². The average molecular weight is 675 g/mol. The van der Waals surface area contributed by atoms with Crippen molar-refractivity contribution in [1.29, 1.82) is 0 Å². The quantitative estimate of drug-likeness (QED) is 0.0609. The molecule has 11 nitrogen and oxygen atoms in total. The van der Waals surface area contributed by atoms with E-state index in [1.165, 1.54) is 13.2 Å². The van der Waals surface area contributed by atoms with Gasteiger partial charge in [-0.05, 0) is 94.0 Å². The number of unbranched alkanes of at least 4 members (excludes halogenated alkanes) is 2. The predicted molar refractivity (Wildman–Crippen MR) is 183 cm³/mol. The molecule has 3 rings (SSSR count). The van der Waals surface area contributed by atoms with Crippen LogP contribution in [0.4, 0.5) is 0 Å². The first-order chi connectivity index (χ1) is 23.5. The minimum absolute atomic E-state index is 0.0654. The van der Waals surface area contributed by atoms with E-state index < -0.39 is 23.9 Å². The molecule has 0 aliphatic heterocycles. The van der Waals surface area contributed by atoms with Gasteiger partial charge in [-0.15, -0.1) is 0 Å². The first kappa shape index (κ1) is 37.9. The molecule has 0 amide bonds. The van der Waals surface area contributed by atoms with Gasteiger partial charge >= 0.3 is 23.9 Å². The van der Waals surface area contributed by atoms with E-state index in [0.717, 1.165) is 17.7 Å². The van der Waals surface area contributed by atoms with Crippen LogP contribution in [0.3, 0.4) is 0 Å². The van der Waals surface area contributed by atoms with Gasteiger partial charge in [0.1, 0.15) is 23.0 Å². The van der Waals surface area contributed by atoms with E-state index in [1.807, 2.05) is 6.92 Å². The molecule has 0 aliphatic rings. The van der Waals surface area contributed by atoms with Crippen molar-refractivity contribution in [1.82, 2.24) is 0 Å². The first-order valence-corrected chi connectivity index (χ1v) is 15.7. The third kappa shape index (κ3) is 10.7. The van der Waals surface area contributed by atoms with Gasteiger partial charge < -0.3 is 33.5 Å². The van der Waals surface area contributed by atoms with Gasteiger partial charge in [-0.1, -0.05) is 13.2 Å². The summed E-state index contributed by atoms with van der Waals surface area (Å²) in [5.74, 6) is -1.00. The van der Waals surface area contributed by atoms with Gasteiger partial charge in [0.2, 0.25) is 0 Å². The zero-order valence-corrected chi connectivity index (χ0v) is 28.3. The number of rotatable bonds is 19. The molecule has 0 atom stereocenters. The normalized spacial score (nSPS) is 10.4. The molecular weight excluding hydrogens is 632 g/mol. The Labute approximate surface area is 286 Å². The standard InChI is InChI=1S/C38H42O11/c1-7-33(39)46-18-10-9-17-45-31-16-13-27(21-24(31)3)38(43)49-28-14-15-29(32(23-28)44-6)35-26(5)36(25(4)22-30(35)37(41)42)48-20-12-11-19-47-34(40)8-2/h7-8,13-16,21-23H,1-2,9-12,17-20H2,3-6H3,(H,41,42). The summed E-state index contributed by atoms with van der Waals surface area (Å²) in [4.78, 5) is 47.7. The van der Waals surface area contributed by atoms with Crippen molar-refractivity contribution < 1.29 is 52.7 Å². The Morgan fingerprint density at radius 2 is 1.35 bits per heavy atom. The number of carbonyl (C=O) groups excluding carboxylic acids is 3. The number of hydrogen-bond donors (Lipinski definition) is 1. The summed E-state index contributed by atoms with van der Waals surface area (Å²) in [6, 6.07) is 11.3. The Morgan fingerprint density at radius 3 is 1.92 bits per heavy atom. The smallest absolute Gasteiger partial charge is 0.343 e. The Kier molecular flexibility index (Phi) is 14.4. The molecule has 0 fully saturated rings. The number of aromatic carboxylic acids is 1. The van der Waals surface area contributed by atoms with E-state index in [0.29, 0.717) is 84.0 Å². The monoisotopic (exact) mass is 674 g/mol. The lowest BCUT2D eigenvalue weighted by Gasteiger charge is -2.20. The fourth-order valence-corrected chi connectivity index (χ4v) is 4.98. The number of esters is 3. The van der Waals surface area contributed by atoms with E-state index in [-0.39, 0.29) is 24.5 Å². The molecule has 0 unspecified atom stereocenters. The van der Waals surface area contributed by atoms with Crippen molar-refractivity contribution in [3.63, 3.8) is 0 Å². The van der Waals surface area contributed by atoms with E-state index in [2.05, 4.69) is 13.2 Å². The third-order valence-electron chi connectivity index (χ3n) is 7.40. The number of benzene rings is 3. The summed E-state index contributed by atoms with van der Waals surface area (Å²) in [5, 5.41) is 10.1. The van der Waals surface area contributed by atoms with Gasteiger partial charge in [-0.3, -0.25) is 0 Å². The summed E-state index contributed by atoms with van der Waals surface area (Å²) >= 11 is 0. The molecule has 0 heterocycles. The molecule has 260 valence electrons. The van der Waals surface area contributed by atoms with E-state index >= 15 is 0 Å². The lowest BCUT2D eigenvalue weighted by molar-refractivity contribution is -0.138. The highest BCUT2D eigenvalue weighted by Crippen LogP contribution is 2.42. The van der Waals surface area contributed by atoms with Gasteiger partial charge in [-0.2, -0.15) is 0 Å². The van der Waals surface area contributed by atoms with Crippen LogP contribution in [0.25, 0.3) is 11.1 Å². The Balaban J connectivity index is 1.73. The van der Waals surface area contributed by atoms with Gasteiger partial charge in [0, 0.05) is 34.9 Å². The van der Waals surface area contributed by atoms with Crippen LogP contribution in [-0.2, 0) is 19.1 Å². The van der Waals surface area contributed by atoms with Crippen molar-refractivity contribution in [3.8, 4) is 34.1 Å². The number of methoxy groups -OCH3 is 1. The predicted octanol–water partition coefficient (Wildman–Crippen LogP) is 6.98. The lowest BCUT2D eigenvalue weighted by atomic mass is 9.91. The molecule has 0 radical (unpaired) electrons. The molecule has 0 saturated heterocycles. The largest absolute Gasteiger partial charge is 0.496 e. The molecular formula is C38H42O11. The summed E-state index contributed by atoms with van der Waals surface area (Å²) < 4.78 is 33.1. The molecule has 0 aliphatic carbocycles. The number of carboxylic acid groups (broad SMARTS) is 1. The van der Waals surface area contributed by atoms with E-state index in [1.54, 1.807) is 50.2 Å². The fraction of sp³-hybridized carbons (Fsp3) is 0.316. The van der Waals surface area contributed by atoms with Gasteiger partial charge in [0.15, 0.2) is 0 Å². The molecule has 0 saturated carbocycles. The average Bonchev–Trinajstić information content (AvgIpc) is 3.08. The lowest BCUT2D eigenvalue weighted by Crippen LogP contribution is -2.10. The molecule has 0 aromatic heterocycles. The van der Waals surface area contributed by atoms with E-state index in [9.17, 15) is 24.3 Å². The van der Waals surface area contributed by atoms with Gasteiger partial charge in [-0.25, -0.2) is 19.2 Å². The second-order valence-corrected chi connectivity index (χ2v) is 11.0. The van der Waals surface area contributed by atoms with Crippen LogP contribution >= 0.6 is 0 Å². The minimum atomic E-state index is -1.12. The van der Waals surface area contributed by atoms with E-state index in [4.69, 9.17) is 28.4 Å². The molecule has 3 aromatic rings. The number of ether oxygens (including phenoxy) is 6. The molecule has 0 spiro atoms. The van der Waals surface area contributed by atoms with Crippen LogP contribution in [0.5, 0.6) is 23.0 Å². The third-order valence-corrected chi connectivity index (χ3v) is 7.40. The fourth-order valence-electron chi connectivity index (χ4n) is 4.98. The maximum atomic E-state index is 13.1. The van der Waals surface area contributed by atoms with Crippen LogP contribution in [0.15, 0.2) is 67.8 Å². The Morgan fingerprint density at radius 1 is 0.735 bits per heavy atom. The van der Waals surface area contributed by atoms with Crippen LogP contribution in [-0.4, -0.2) is 62.5 Å². The SMILES string of the molecule is C=CC(=O)OCCCCOc1ccc(C(=O)Oc2ccc(-c3c(C(=O)O)cc(C)c(OCCCCOC(=O)C=C)c3C)c(OC)c2)cc1C. The van der Waals surface area contributed by atoms with Crippen molar-refractivity contribution in [2.24, 2.45) is 0 Å². The Hall–Kier alpha value is -5.58. The Bertz CT molecular complexity index is 1690. The second-order valence-electron chi connectivity index (χ2n) is 11.0. The van der Waals surface area contributed by atoms with Crippen LogP contribution in [0, 0.1) is 20.8 Å². The zero-order chi connectivity index (χ0) is 35.9. The van der Waals surface area contributed by atoms with Crippen molar-refractivity contribution in [2.75, 3.05) is 33.5 Å². The molecule has 49 heavy (non-hydrogen) atoms. The summed E-state index contributed by atoms with van der Waals surface area (Å²) in [6.45, 7) is 13.4. The van der Waals surface area contributed by atoms with Crippen LogP contribution < -0.4 is 18.9 Å². The highest BCUT2D eigenvalue weighted by Gasteiger charge is 2.23. The highest BCUT2D eigenvalue weighted by atomic mass is 16.5. The van der Waals surface area contributed by atoms with Crippen LogP contribution in [0.2, 0.25) is 0 Å². The second kappa shape index (κ2) is 18.7. The number of hydrogen-bond acceptors (Lipinski definition) is 10. The van der Waals surface area contributed by atoms with Crippen molar-refractivity contribution in [3.05, 3.63) is 95.6 Å². The maximum Gasteiger partial charge on any atom is 0.343 e. The highest BCUT2D eigenvalue weighted by molar-refractivity contribution is 5.99. The molecule has 0 bridgehead atoms. The summed E-state index contributed by atoms with van der Waals surface area (Å²) in [5.41, 5.74) is 3.27. The van der Waals surface area contributed by atoms with Crippen molar-refractivity contribution >= 4 is 23.9 Å². The topological polar surface area (TPSA) is 144 Å².